The molecule has 25 heavy (non-hydrogen) atoms. The molecule has 0 saturated carbocycles. The standard InChI is InChI=1S/C20H19N5/c1-24(2)17-10-8-15(9-11-17)14-20-22-21-19-13-12-18(23-25(19)20)16-6-4-3-5-7-16/h3-13H,14H2,1-2H3. The lowest BCUT2D eigenvalue weighted by molar-refractivity contribution is 0.841. The summed E-state index contributed by atoms with van der Waals surface area (Å²) in [5.74, 6) is 0.838. The molecule has 0 spiro atoms. The third kappa shape index (κ3) is 3.08. The number of nitrogens with zero attached hydrogens (tertiary/aromatic N) is 5. The van der Waals surface area contributed by atoms with E-state index in [9.17, 15) is 0 Å². The summed E-state index contributed by atoms with van der Waals surface area (Å²) < 4.78 is 1.84. The molecule has 5 heteroatoms. The smallest absolute Gasteiger partial charge is 0.177 e. The van der Waals surface area contributed by atoms with Crippen molar-refractivity contribution < 1.29 is 0 Å². The summed E-state index contributed by atoms with van der Waals surface area (Å²) >= 11 is 0. The van der Waals surface area contributed by atoms with E-state index in [4.69, 9.17) is 5.10 Å². The monoisotopic (exact) mass is 329 g/mol. The molecule has 0 aliphatic carbocycles. The Bertz CT molecular complexity index is 988. The highest BCUT2D eigenvalue weighted by atomic mass is 15.4. The second-order valence-corrected chi connectivity index (χ2v) is 6.21. The molecule has 0 saturated heterocycles. The topological polar surface area (TPSA) is 46.3 Å². The van der Waals surface area contributed by atoms with Gasteiger partial charge < -0.3 is 4.90 Å². The van der Waals surface area contributed by atoms with Gasteiger partial charge in [0.05, 0.1) is 5.69 Å². The summed E-state index contributed by atoms with van der Waals surface area (Å²) in [5, 5.41) is 13.3. The zero-order valence-corrected chi connectivity index (χ0v) is 14.3. The number of rotatable bonds is 4. The van der Waals surface area contributed by atoms with Crippen LogP contribution in [0.25, 0.3) is 16.9 Å². The van der Waals surface area contributed by atoms with Crippen LogP contribution in [0.5, 0.6) is 0 Å². The third-order valence-corrected chi connectivity index (χ3v) is 4.21. The molecule has 4 rings (SSSR count). The Morgan fingerprint density at radius 3 is 2.32 bits per heavy atom. The van der Waals surface area contributed by atoms with Crippen LogP contribution in [-0.2, 0) is 6.42 Å². The summed E-state index contributed by atoms with van der Waals surface area (Å²) in [7, 11) is 4.08. The Morgan fingerprint density at radius 1 is 0.840 bits per heavy atom. The van der Waals surface area contributed by atoms with E-state index < -0.39 is 0 Å². The summed E-state index contributed by atoms with van der Waals surface area (Å²) in [5.41, 5.74) is 5.13. The molecule has 0 fully saturated rings. The Kier molecular flexibility index (Phi) is 3.90. The second-order valence-electron chi connectivity index (χ2n) is 6.21. The molecular formula is C20H19N5. The molecule has 0 bridgehead atoms. The van der Waals surface area contributed by atoms with Gasteiger partial charge in [0.1, 0.15) is 0 Å². The van der Waals surface area contributed by atoms with Crippen molar-refractivity contribution in [3.63, 3.8) is 0 Å². The van der Waals surface area contributed by atoms with Gasteiger partial charge in [0, 0.05) is 31.8 Å². The Hall–Kier alpha value is -3.21. The van der Waals surface area contributed by atoms with Crippen molar-refractivity contribution in [2.45, 2.75) is 6.42 Å². The maximum Gasteiger partial charge on any atom is 0.177 e. The fourth-order valence-corrected chi connectivity index (χ4v) is 2.80. The van der Waals surface area contributed by atoms with Crippen LogP contribution >= 0.6 is 0 Å². The van der Waals surface area contributed by atoms with E-state index in [1.165, 1.54) is 11.3 Å². The number of fused-ring (bicyclic) bond motifs is 1. The SMILES string of the molecule is CN(C)c1ccc(Cc2nnc3ccc(-c4ccccc4)nn23)cc1. The van der Waals surface area contributed by atoms with Gasteiger partial charge in [-0.1, -0.05) is 42.5 Å². The lowest BCUT2D eigenvalue weighted by Crippen LogP contribution is -2.08. The molecule has 5 nitrogen and oxygen atoms in total. The van der Waals surface area contributed by atoms with E-state index in [-0.39, 0.29) is 0 Å². The number of hydrogen-bond donors (Lipinski definition) is 0. The van der Waals surface area contributed by atoms with Crippen molar-refractivity contribution in [1.82, 2.24) is 19.8 Å². The minimum Gasteiger partial charge on any atom is -0.378 e. The largest absolute Gasteiger partial charge is 0.378 e. The summed E-state index contributed by atoms with van der Waals surface area (Å²) in [6.07, 6.45) is 0.695. The molecule has 2 aromatic carbocycles. The predicted molar refractivity (Wildman–Crippen MR) is 99.8 cm³/mol. The van der Waals surface area contributed by atoms with Crippen LogP contribution in [0.15, 0.2) is 66.7 Å². The minimum atomic E-state index is 0.695. The van der Waals surface area contributed by atoms with Crippen molar-refractivity contribution in [2.75, 3.05) is 19.0 Å². The molecule has 0 radical (unpaired) electrons. The van der Waals surface area contributed by atoms with Gasteiger partial charge in [-0.05, 0) is 29.8 Å². The normalized spacial score (nSPS) is 11.0. The first-order valence-electron chi connectivity index (χ1n) is 8.24. The van der Waals surface area contributed by atoms with Gasteiger partial charge in [0.25, 0.3) is 0 Å². The van der Waals surface area contributed by atoms with Gasteiger partial charge >= 0.3 is 0 Å². The first kappa shape index (κ1) is 15.3. The maximum atomic E-state index is 4.73. The quantitative estimate of drug-likeness (QED) is 0.575. The van der Waals surface area contributed by atoms with Crippen molar-refractivity contribution in [2.24, 2.45) is 0 Å². The highest BCUT2D eigenvalue weighted by molar-refractivity contribution is 5.60. The molecule has 0 aliphatic rings. The molecule has 124 valence electrons. The van der Waals surface area contributed by atoms with Crippen molar-refractivity contribution >= 4 is 11.3 Å². The number of anilines is 1. The van der Waals surface area contributed by atoms with Crippen LogP contribution in [0.4, 0.5) is 5.69 Å². The molecule has 0 N–H and O–H groups in total. The molecule has 2 aromatic heterocycles. The zero-order chi connectivity index (χ0) is 17.2. The van der Waals surface area contributed by atoms with Crippen LogP contribution in [0, 0.1) is 0 Å². The van der Waals surface area contributed by atoms with Crippen molar-refractivity contribution in [1.29, 1.82) is 0 Å². The van der Waals surface area contributed by atoms with E-state index >= 15 is 0 Å². The number of benzene rings is 2. The maximum absolute atomic E-state index is 4.73. The lowest BCUT2D eigenvalue weighted by atomic mass is 10.1. The summed E-state index contributed by atoms with van der Waals surface area (Å²) in [4.78, 5) is 2.09. The number of hydrogen-bond acceptors (Lipinski definition) is 4. The molecule has 0 unspecified atom stereocenters. The van der Waals surface area contributed by atoms with Crippen LogP contribution in [-0.4, -0.2) is 33.9 Å². The highest BCUT2D eigenvalue weighted by Gasteiger charge is 2.09. The van der Waals surface area contributed by atoms with E-state index in [2.05, 4.69) is 51.5 Å². The van der Waals surface area contributed by atoms with Gasteiger partial charge in [-0.25, -0.2) is 0 Å². The van der Waals surface area contributed by atoms with Crippen LogP contribution < -0.4 is 4.90 Å². The first-order valence-corrected chi connectivity index (χ1v) is 8.24. The third-order valence-electron chi connectivity index (χ3n) is 4.21. The Labute approximate surface area is 146 Å². The van der Waals surface area contributed by atoms with Crippen molar-refractivity contribution in [3.8, 4) is 11.3 Å². The fourth-order valence-electron chi connectivity index (χ4n) is 2.80. The van der Waals surface area contributed by atoms with Gasteiger partial charge in [-0.15, -0.1) is 10.2 Å². The first-order chi connectivity index (χ1) is 12.2. The van der Waals surface area contributed by atoms with E-state index in [0.717, 1.165) is 22.7 Å². The number of aromatic nitrogens is 4. The average Bonchev–Trinajstić information content (AvgIpc) is 3.05. The van der Waals surface area contributed by atoms with E-state index in [0.29, 0.717) is 6.42 Å². The second kappa shape index (κ2) is 6.36. The molecule has 0 amide bonds. The minimum absolute atomic E-state index is 0.695. The highest BCUT2D eigenvalue weighted by Crippen LogP contribution is 2.18. The van der Waals surface area contributed by atoms with E-state index in [1.54, 1.807) is 0 Å². The summed E-state index contributed by atoms with van der Waals surface area (Å²) in [6.45, 7) is 0. The lowest BCUT2D eigenvalue weighted by Gasteiger charge is -2.12. The molecular weight excluding hydrogens is 310 g/mol. The summed E-state index contributed by atoms with van der Waals surface area (Å²) in [6, 6.07) is 22.6. The van der Waals surface area contributed by atoms with Gasteiger partial charge in [-0.3, -0.25) is 0 Å². The Morgan fingerprint density at radius 2 is 1.60 bits per heavy atom. The zero-order valence-electron chi connectivity index (χ0n) is 14.3. The molecule has 0 atom stereocenters. The average molecular weight is 329 g/mol. The van der Waals surface area contributed by atoms with E-state index in [1.807, 2.05) is 48.9 Å². The Balaban J connectivity index is 1.68. The van der Waals surface area contributed by atoms with Crippen molar-refractivity contribution in [3.05, 3.63) is 78.1 Å². The van der Waals surface area contributed by atoms with Crippen LogP contribution in [0.1, 0.15) is 11.4 Å². The van der Waals surface area contributed by atoms with Crippen LogP contribution in [0.2, 0.25) is 0 Å². The molecule has 4 aromatic rings. The predicted octanol–water partition coefficient (Wildman–Crippen LogP) is 3.45. The van der Waals surface area contributed by atoms with Gasteiger partial charge in [0.15, 0.2) is 11.5 Å². The fraction of sp³-hybridized carbons (Fsp3) is 0.150. The molecule has 2 heterocycles. The molecule has 0 aliphatic heterocycles. The van der Waals surface area contributed by atoms with Crippen LogP contribution in [0.3, 0.4) is 0 Å². The van der Waals surface area contributed by atoms with Gasteiger partial charge in [0.2, 0.25) is 0 Å². The van der Waals surface area contributed by atoms with Gasteiger partial charge in [-0.2, -0.15) is 9.61 Å².